The Labute approximate surface area is 158 Å². The molecule has 4 rings (SSSR count). The molecule has 3 aliphatic rings. The highest BCUT2D eigenvalue weighted by Gasteiger charge is 2.38. The number of nitrogens with one attached hydrogen (secondary N) is 2. The lowest BCUT2D eigenvalue weighted by atomic mass is 9.85. The first-order valence-corrected chi connectivity index (χ1v) is 9.93. The summed E-state index contributed by atoms with van der Waals surface area (Å²) in [5.41, 5.74) is 2.84. The molecule has 0 saturated heterocycles. The number of aromatic nitrogens is 1. The average Bonchev–Trinajstić information content (AvgIpc) is 3.31. The Morgan fingerprint density at radius 1 is 1.26 bits per heavy atom. The molecule has 3 aliphatic carbocycles. The van der Waals surface area contributed by atoms with E-state index in [2.05, 4.69) is 15.2 Å². The lowest BCUT2D eigenvalue weighted by Crippen LogP contribution is -2.55. The predicted molar refractivity (Wildman–Crippen MR) is 99.0 cm³/mol. The van der Waals surface area contributed by atoms with Crippen molar-refractivity contribution in [3.05, 3.63) is 22.5 Å². The summed E-state index contributed by atoms with van der Waals surface area (Å²) >= 11 is 0. The molecule has 0 aliphatic heterocycles. The summed E-state index contributed by atoms with van der Waals surface area (Å²) in [4.78, 5) is 41.1. The van der Waals surface area contributed by atoms with Gasteiger partial charge in [0.2, 0.25) is 0 Å². The number of carboxylic acids is 1. The van der Waals surface area contributed by atoms with Gasteiger partial charge >= 0.3 is 5.97 Å². The van der Waals surface area contributed by atoms with Crippen LogP contribution in [0.2, 0.25) is 0 Å². The summed E-state index contributed by atoms with van der Waals surface area (Å²) in [7, 11) is 0. The lowest BCUT2D eigenvalue weighted by Gasteiger charge is -2.42. The van der Waals surface area contributed by atoms with Gasteiger partial charge in [0, 0.05) is 36.3 Å². The van der Waals surface area contributed by atoms with Gasteiger partial charge in [-0.05, 0) is 56.9 Å². The van der Waals surface area contributed by atoms with E-state index in [-0.39, 0.29) is 30.3 Å². The van der Waals surface area contributed by atoms with E-state index in [1.165, 1.54) is 12.8 Å². The van der Waals surface area contributed by atoms with Crippen LogP contribution in [0.1, 0.15) is 70.6 Å². The number of fused-ring (bicyclic) bond motifs is 1. The summed E-state index contributed by atoms with van der Waals surface area (Å²) in [5, 5.41) is 12.2. The maximum atomic E-state index is 12.7. The number of rotatable bonds is 7. The van der Waals surface area contributed by atoms with Gasteiger partial charge in [-0.1, -0.05) is 0 Å². The van der Waals surface area contributed by atoms with Crippen LogP contribution in [0.4, 0.5) is 0 Å². The van der Waals surface area contributed by atoms with Crippen LogP contribution in [-0.2, 0) is 11.2 Å². The number of Topliss-reactive ketones (excluding diaryl/α,β-unsaturated/α-hetero) is 1. The minimum absolute atomic E-state index is 0.0634. The van der Waals surface area contributed by atoms with Gasteiger partial charge in [0.15, 0.2) is 5.78 Å². The summed E-state index contributed by atoms with van der Waals surface area (Å²) in [6.07, 6.45) is 6.15. The fraction of sp³-hybridized carbons (Fsp3) is 0.650. The van der Waals surface area contributed by atoms with Crippen molar-refractivity contribution in [1.82, 2.24) is 15.2 Å². The largest absolute Gasteiger partial charge is 0.480 e. The monoisotopic (exact) mass is 373 g/mol. The van der Waals surface area contributed by atoms with Gasteiger partial charge in [-0.2, -0.15) is 0 Å². The van der Waals surface area contributed by atoms with Crippen LogP contribution in [-0.4, -0.2) is 57.8 Å². The number of aromatic amines is 1. The first kappa shape index (κ1) is 18.2. The van der Waals surface area contributed by atoms with E-state index >= 15 is 0 Å². The zero-order valence-corrected chi connectivity index (χ0v) is 15.7. The number of nitrogens with zero attached hydrogens (tertiary/aromatic N) is 1. The molecule has 27 heavy (non-hydrogen) atoms. The maximum Gasteiger partial charge on any atom is 0.317 e. The molecule has 0 spiro atoms. The summed E-state index contributed by atoms with van der Waals surface area (Å²) in [5.74, 6) is -0.189. The van der Waals surface area contributed by atoms with E-state index in [9.17, 15) is 14.4 Å². The molecule has 3 N–H and O–H groups in total. The van der Waals surface area contributed by atoms with Crippen LogP contribution in [0.5, 0.6) is 0 Å². The Morgan fingerprint density at radius 2 is 2.00 bits per heavy atom. The molecule has 0 bridgehead atoms. The third kappa shape index (κ3) is 3.78. The molecule has 1 aromatic heterocycles. The number of aliphatic carboxylic acids is 1. The smallest absolute Gasteiger partial charge is 0.317 e. The number of H-pyrrole nitrogens is 1. The number of ketones is 1. The quantitative estimate of drug-likeness (QED) is 0.677. The Kier molecular flexibility index (Phi) is 4.80. The van der Waals surface area contributed by atoms with Crippen LogP contribution in [0, 0.1) is 12.8 Å². The molecule has 1 aromatic rings. The molecule has 7 nitrogen and oxygen atoms in total. The van der Waals surface area contributed by atoms with Gasteiger partial charge in [0.25, 0.3) is 5.91 Å². The molecule has 2 fully saturated rings. The van der Waals surface area contributed by atoms with E-state index in [4.69, 9.17) is 5.11 Å². The topological polar surface area (TPSA) is 102 Å². The highest BCUT2D eigenvalue weighted by molar-refractivity contribution is 6.04. The minimum Gasteiger partial charge on any atom is -0.480 e. The summed E-state index contributed by atoms with van der Waals surface area (Å²) in [6.45, 7) is 2.76. The van der Waals surface area contributed by atoms with Crippen molar-refractivity contribution in [3.63, 3.8) is 0 Å². The van der Waals surface area contributed by atoms with E-state index < -0.39 is 5.97 Å². The predicted octanol–water partition coefficient (Wildman–Crippen LogP) is 1.90. The molecule has 0 unspecified atom stereocenters. The fourth-order valence-corrected chi connectivity index (χ4v) is 4.41. The lowest BCUT2D eigenvalue weighted by molar-refractivity contribution is -0.139. The van der Waals surface area contributed by atoms with Crippen LogP contribution in [0.25, 0.3) is 0 Å². The number of hydrogen-bond donors (Lipinski definition) is 3. The number of aryl methyl sites for hydroxylation is 1. The third-order valence-electron chi connectivity index (χ3n) is 6.16. The fourth-order valence-electron chi connectivity index (χ4n) is 4.41. The van der Waals surface area contributed by atoms with Crippen LogP contribution in [0.15, 0.2) is 0 Å². The molecule has 1 heterocycles. The summed E-state index contributed by atoms with van der Waals surface area (Å²) < 4.78 is 0. The Bertz CT molecular complexity index is 774. The van der Waals surface area contributed by atoms with Crippen molar-refractivity contribution < 1.29 is 19.5 Å². The van der Waals surface area contributed by atoms with Crippen LogP contribution < -0.4 is 5.32 Å². The Hall–Kier alpha value is -2.15. The standard InChI is InChI=1S/C20H27N3O4/c1-11-18-15(3-2-4-16(18)24)22-19(11)20(27)21-13-7-14(8-13)23(10-17(25)26)9-12-5-6-12/h12-14,22H,2-10H2,1H3,(H,21,27)(H,25,26). The second kappa shape index (κ2) is 7.11. The van der Waals surface area contributed by atoms with Gasteiger partial charge in [0.05, 0.1) is 6.54 Å². The normalized spacial score (nSPS) is 24.4. The van der Waals surface area contributed by atoms with Crippen molar-refractivity contribution in [1.29, 1.82) is 0 Å². The first-order valence-electron chi connectivity index (χ1n) is 9.93. The van der Waals surface area contributed by atoms with E-state index in [0.717, 1.165) is 43.5 Å². The third-order valence-corrected chi connectivity index (χ3v) is 6.16. The van der Waals surface area contributed by atoms with Gasteiger partial charge in [-0.3, -0.25) is 19.3 Å². The molecule has 0 aromatic carbocycles. The number of carboxylic acid groups (broad SMARTS) is 1. The zero-order valence-electron chi connectivity index (χ0n) is 15.7. The first-order chi connectivity index (χ1) is 12.9. The second-order valence-corrected chi connectivity index (χ2v) is 8.32. The van der Waals surface area contributed by atoms with Crippen molar-refractivity contribution >= 4 is 17.7 Å². The van der Waals surface area contributed by atoms with Gasteiger partial charge in [0.1, 0.15) is 5.69 Å². The zero-order chi connectivity index (χ0) is 19.1. The van der Waals surface area contributed by atoms with E-state index in [1.807, 2.05) is 6.92 Å². The van der Waals surface area contributed by atoms with Crippen molar-refractivity contribution in [2.24, 2.45) is 5.92 Å². The molecular weight excluding hydrogens is 346 g/mol. The summed E-state index contributed by atoms with van der Waals surface area (Å²) in [6, 6.07) is 0.292. The molecule has 2 saturated carbocycles. The molecule has 0 atom stereocenters. The average molecular weight is 373 g/mol. The van der Waals surface area contributed by atoms with E-state index in [0.29, 0.717) is 23.6 Å². The molecule has 146 valence electrons. The SMILES string of the molecule is Cc1c(C(=O)NC2CC(N(CC(=O)O)CC3CC3)C2)[nH]c2c1C(=O)CCC2. The Balaban J connectivity index is 1.35. The number of amides is 1. The number of hydrogen-bond acceptors (Lipinski definition) is 4. The molecule has 0 radical (unpaired) electrons. The van der Waals surface area contributed by atoms with Crippen molar-refractivity contribution in [3.8, 4) is 0 Å². The van der Waals surface area contributed by atoms with Gasteiger partial charge < -0.3 is 15.4 Å². The number of carbonyl (C=O) groups excluding carboxylic acids is 2. The Morgan fingerprint density at radius 3 is 2.63 bits per heavy atom. The molecular formula is C20H27N3O4. The van der Waals surface area contributed by atoms with Crippen molar-refractivity contribution in [2.45, 2.75) is 64.0 Å². The maximum absolute atomic E-state index is 12.7. The van der Waals surface area contributed by atoms with Crippen LogP contribution in [0.3, 0.4) is 0 Å². The second-order valence-electron chi connectivity index (χ2n) is 8.32. The molecule has 1 amide bonds. The van der Waals surface area contributed by atoms with Gasteiger partial charge in [-0.15, -0.1) is 0 Å². The van der Waals surface area contributed by atoms with Crippen LogP contribution >= 0.6 is 0 Å². The number of carbonyl (C=O) groups is 3. The van der Waals surface area contributed by atoms with E-state index in [1.54, 1.807) is 0 Å². The molecule has 7 heteroatoms. The highest BCUT2D eigenvalue weighted by atomic mass is 16.4. The van der Waals surface area contributed by atoms with Gasteiger partial charge in [-0.25, -0.2) is 0 Å². The highest BCUT2D eigenvalue weighted by Crippen LogP contribution is 2.34. The van der Waals surface area contributed by atoms with Crippen molar-refractivity contribution in [2.75, 3.05) is 13.1 Å². The minimum atomic E-state index is -0.791.